The number of guanidine groups is 1. The van der Waals surface area contributed by atoms with E-state index in [1.807, 2.05) is 0 Å². The van der Waals surface area contributed by atoms with Crippen molar-refractivity contribution in [2.45, 2.75) is 25.8 Å². The van der Waals surface area contributed by atoms with Gasteiger partial charge >= 0.3 is 0 Å². The number of hydrazine groups is 1. The van der Waals surface area contributed by atoms with E-state index in [-0.39, 0.29) is 6.04 Å². The molecule has 0 aliphatic rings. The summed E-state index contributed by atoms with van der Waals surface area (Å²) in [7, 11) is 3.32. The lowest BCUT2D eigenvalue weighted by molar-refractivity contribution is 0.169. The van der Waals surface area contributed by atoms with Crippen molar-refractivity contribution in [2.75, 3.05) is 34.0 Å². The summed E-state index contributed by atoms with van der Waals surface area (Å²) in [6, 6.07) is 0.229. The van der Waals surface area contributed by atoms with Crippen molar-refractivity contribution < 1.29 is 9.47 Å². The Morgan fingerprint density at radius 3 is 2.62 bits per heavy atom. The van der Waals surface area contributed by atoms with Crippen LogP contribution in [0, 0.1) is 0 Å². The van der Waals surface area contributed by atoms with Crippen molar-refractivity contribution in [3.63, 3.8) is 0 Å². The van der Waals surface area contributed by atoms with Gasteiger partial charge in [-0.05, 0) is 6.42 Å². The highest BCUT2D eigenvalue weighted by Gasteiger charge is 2.08. The van der Waals surface area contributed by atoms with Crippen LogP contribution in [0.2, 0.25) is 0 Å². The van der Waals surface area contributed by atoms with Gasteiger partial charge in [0.2, 0.25) is 5.96 Å². The summed E-state index contributed by atoms with van der Waals surface area (Å²) in [6.07, 6.45) is 2.09. The molecule has 4 N–H and O–H groups in total. The quantitative estimate of drug-likeness (QED) is 0.178. The molecule has 1 atom stereocenters. The second kappa shape index (κ2) is 10.7. The average Bonchev–Trinajstić information content (AvgIpc) is 2.28. The van der Waals surface area contributed by atoms with Crippen LogP contribution in [0.25, 0.3) is 0 Å². The van der Waals surface area contributed by atoms with E-state index in [0.29, 0.717) is 25.7 Å². The lowest BCUT2D eigenvalue weighted by Gasteiger charge is -2.19. The molecule has 0 aromatic rings. The fraction of sp³-hybridized carbons (Fsp3) is 0.900. The Hall–Kier alpha value is -0.850. The first-order valence-electron chi connectivity index (χ1n) is 5.53. The Morgan fingerprint density at radius 2 is 2.12 bits per heavy atom. The number of rotatable bonds is 8. The first kappa shape index (κ1) is 15.2. The summed E-state index contributed by atoms with van der Waals surface area (Å²) in [6.45, 7) is 3.92. The number of hydrogen-bond donors (Lipinski definition) is 3. The highest BCUT2D eigenvalue weighted by molar-refractivity contribution is 5.79. The van der Waals surface area contributed by atoms with E-state index in [1.54, 1.807) is 14.2 Å². The van der Waals surface area contributed by atoms with Gasteiger partial charge in [-0.3, -0.25) is 5.43 Å². The van der Waals surface area contributed by atoms with Crippen LogP contribution in [0.4, 0.5) is 0 Å². The third kappa shape index (κ3) is 7.44. The summed E-state index contributed by atoms with van der Waals surface area (Å²) in [5.41, 5.74) is 2.54. The minimum atomic E-state index is 0.229. The zero-order valence-corrected chi connectivity index (χ0v) is 10.5. The van der Waals surface area contributed by atoms with Gasteiger partial charge in [0, 0.05) is 14.2 Å². The molecule has 0 heterocycles. The third-order valence-electron chi connectivity index (χ3n) is 2.05. The molecule has 1 unspecified atom stereocenters. The van der Waals surface area contributed by atoms with Gasteiger partial charge < -0.3 is 14.8 Å². The molecule has 0 aliphatic carbocycles. The molecule has 0 rings (SSSR count). The topological polar surface area (TPSA) is 80.9 Å². The molecule has 0 fully saturated rings. The molecular formula is C10H24N4O2. The Balaban J connectivity index is 4.07. The lowest BCUT2D eigenvalue weighted by atomic mass is 10.2. The van der Waals surface area contributed by atoms with E-state index in [0.717, 1.165) is 12.8 Å². The molecule has 0 saturated carbocycles. The number of ether oxygens (including phenoxy) is 2. The molecule has 6 nitrogen and oxygen atoms in total. The summed E-state index contributed by atoms with van der Waals surface area (Å²) < 4.78 is 10.0. The smallest absolute Gasteiger partial charge is 0.206 e. The molecule has 0 aromatic carbocycles. The Kier molecular flexibility index (Phi) is 10.1. The number of aliphatic imine (C=N–C) groups is 1. The monoisotopic (exact) mass is 232 g/mol. The van der Waals surface area contributed by atoms with E-state index < -0.39 is 0 Å². The molecule has 0 saturated heterocycles. The summed E-state index contributed by atoms with van der Waals surface area (Å²) in [5, 5.41) is 3.20. The van der Waals surface area contributed by atoms with Gasteiger partial charge in [-0.25, -0.2) is 10.8 Å². The number of methoxy groups -OCH3 is 2. The van der Waals surface area contributed by atoms with Crippen molar-refractivity contribution in [1.29, 1.82) is 0 Å². The van der Waals surface area contributed by atoms with Crippen molar-refractivity contribution in [3.05, 3.63) is 0 Å². The van der Waals surface area contributed by atoms with Gasteiger partial charge in [-0.15, -0.1) is 0 Å². The van der Waals surface area contributed by atoms with E-state index in [1.165, 1.54) is 0 Å². The molecule has 0 radical (unpaired) electrons. The van der Waals surface area contributed by atoms with E-state index in [2.05, 4.69) is 22.7 Å². The molecule has 16 heavy (non-hydrogen) atoms. The van der Waals surface area contributed by atoms with E-state index >= 15 is 0 Å². The van der Waals surface area contributed by atoms with Crippen LogP contribution < -0.4 is 16.6 Å². The first-order chi connectivity index (χ1) is 7.78. The number of hydrogen-bond acceptors (Lipinski definition) is 4. The van der Waals surface area contributed by atoms with Gasteiger partial charge in [-0.2, -0.15) is 0 Å². The molecule has 96 valence electrons. The van der Waals surface area contributed by atoms with E-state index in [4.69, 9.17) is 15.3 Å². The number of nitrogens with zero attached hydrogens (tertiary/aromatic N) is 1. The standard InChI is InChI=1S/C10H24N4O2/c1-4-5-9(8-16-3)13-10(14-11)12-6-7-15-2/h9H,4-8,11H2,1-3H3,(H2,12,13,14). The molecule has 0 bridgehead atoms. The predicted octanol–water partition coefficient (Wildman–Crippen LogP) is -0.143. The van der Waals surface area contributed by atoms with Crippen LogP contribution >= 0.6 is 0 Å². The van der Waals surface area contributed by atoms with Crippen LogP contribution in [0.1, 0.15) is 19.8 Å². The number of nitrogens with two attached hydrogens (primary N) is 1. The summed E-state index contributed by atoms with van der Waals surface area (Å²) in [5.74, 6) is 5.95. The van der Waals surface area contributed by atoms with Gasteiger partial charge in [0.05, 0.1) is 25.8 Å². The number of nitrogens with one attached hydrogen (secondary N) is 2. The minimum Gasteiger partial charge on any atom is -0.383 e. The van der Waals surface area contributed by atoms with E-state index in [9.17, 15) is 0 Å². The van der Waals surface area contributed by atoms with Crippen molar-refractivity contribution in [1.82, 2.24) is 10.7 Å². The van der Waals surface area contributed by atoms with Crippen LogP contribution in [0.5, 0.6) is 0 Å². The zero-order valence-electron chi connectivity index (χ0n) is 10.5. The summed E-state index contributed by atoms with van der Waals surface area (Å²) in [4.78, 5) is 4.23. The molecule has 6 heteroatoms. The highest BCUT2D eigenvalue weighted by atomic mass is 16.5. The Labute approximate surface area is 97.6 Å². The highest BCUT2D eigenvalue weighted by Crippen LogP contribution is 1.96. The molecule has 0 aromatic heterocycles. The predicted molar refractivity (Wildman–Crippen MR) is 65.2 cm³/mol. The summed E-state index contributed by atoms with van der Waals surface area (Å²) >= 11 is 0. The largest absolute Gasteiger partial charge is 0.383 e. The van der Waals surface area contributed by atoms with Crippen molar-refractivity contribution in [3.8, 4) is 0 Å². The van der Waals surface area contributed by atoms with Gasteiger partial charge in [0.1, 0.15) is 0 Å². The van der Waals surface area contributed by atoms with Gasteiger partial charge in [0.15, 0.2) is 0 Å². The minimum absolute atomic E-state index is 0.229. The second-order valence-electron chi connectivity index (χ2n) is 3.45. The van der Waals surface area contributed by atoms with Crippen LogP contribution in [0.15, 0.2) is 4.99 Å². The van der Waals surface area contributed by atoms with Crippen molar-refractivity contribution >= 4 is 5.96 Å². The fourth-order valence-corrected chi connectivity index (χ4v) is 1.32. The zero-order chi connectivity index (χ0) is 12.2. The fourth-order valence-electron chi connectivity index (χ4n) is 1.32. The maximum Gasteiger partial charge on any atom is 0.206 e. The third-order valence-corrected chi connectivity index (χ3v) is 2.05. The van der Waals surface area contributed by atoms with Crippen LogP contribution in [-0.4, -0.2) is 46.0 Å². The molecular weight excluding hydrogens is 208 g/mol. The Bertz CT molecular complexity index is 182. The maximum absolute atomic E-state index is 5.37. The molecule has 0 aliphatic heterocycles. The van der Waals surface area contributed by atoms with Crippen LogP contribution in [-0.2, 0) is 9.47 Å². The van der Waals surface area contributed by atoms with Crippen molar-refractivity contribution in [2.24, 2.45) is 10.8 Å². The first-order valence-corrected chi connectivity index (χ1v) is 5.53. The normalized spacial score (nSPS) is 13.6. The second-order valence-corrected chi connectivity index (χ2v) is 3.45. The Morgan fingerprint density at radius 1 is 1.38 bits per heavy atom. The van der Waals surface area contributed by atoms with Crippen LogP contribution in [0.3, 0.4) is 0 Å². The van der Waals surface area contributed by atoms with Gasteiger partial charge in [0.25, 0.3) is 0 Å². The SMILES string of the molecule is CCCC(COC)NC(=NCCOC)NN. The lowest BCUT2D eigenvalue weighted by Crippen LogP contribution is -2.48. The maximum atomic E-state index is 5.37. The molecule has 0 amide bonds. The average molecular weight is 232 g/mol. The molecule has 0 spiro atoms. The van der Waals surface area contributed by atoms with Gasteiger partial charge in [-0.1, -0.05) is 13.3 Å².